The second-order valence-corrected chi connectivity index (χ2v) is 16.0. The molecule has 0 aliphatic carbocycles. The first-order valence-corrected chi connectivity index (χ1v) is 15.7. The van der Waals surface area contributed by atoms with Crippen LogP contribution in [0.3, 0.4) is 0 Å². The summed E-state index contributed by atoms with van der Waals surface area (Å²) in [5, 5.41) is 9.89. The third kappa shape index (κ3) is 4.30. The summed E-state index contributed by atoms with van der Waals surface area (Å²) in [4.78, 5) is 58.3. The van der Waals surface area contributed by atoms with E-state index >= 15 is 0 Å². The first-order valence-electron chi connectivity index (χ1n) is 12.9. The lowest BCUT2D eigenvalue weighted by molar-refractivity contribution is -0.127. The van der Waals surface area contributed by atoms with Crippen molar-refractivity contribution in [1.29, 1.82) is 0 Å². The average Bonchev–Trinajstić information content (AvgIpc) is 3.56. The SMILES string of the molecule is Cc1c(-n2nccn2)sc2[nH]c(=O)n(C(C)(C)C(=O)CC(C)(C)[Si](O)(c3ccccc3)c3ccccc3)c(=O)c12. The molecular weight excluding hydrogens is 543 g/mol. The summed E-state index contributed by atoms with van der Waals surface area (Å²) in [6.45, 7) is 8.70. The molecule has 11 heteroatoms. The number of ketones is 1. The molecule has 0 radical (unpaired) electrons. The van der Waals surface area contributed by atoms with Gasteiger partial charge in [0.2, 0.25) is 0 Å². The minimum absolute atomic E-state index is 0.0541. The van der Waals surface area contributed by atoms with Crippen molar-refractivity contribution in [2.75, 3.05) is 0 Å². The molecule has 0 amide bonds. The fourth-order valence-electron chi connectivity index (χ4n) is 5.40. The van der Waals surface area contributed by atoms with Gasteiger partial charge in [-0.15, -0.1) is 4.80 Å². The quantitative estimate of drug-likeness (QED) is 0.275. The molecule has 0 aliphatic rings. The largest absolute Gasteiger partial charge is 0.424 e. The first-order chi connectivity index (χ1) is 18.9. The number of nitrogens with zero attached hydrogens (tertiary/aromatic N) is 4. The number of aromatic nitrogens is 5. The molecule has 0 unspecified atom stereocenters. The Morgan fingerprint density at radius 2 is 1.48 bits per heavy atom. The molecule has 0 bridgehead atoms. The van der Waals surface area contributed by atoms with Gasteiger partial charge in [-0.25, -0.2) is 9.36 Å². The zero-order valence-corrected chi connectivity index (χ0v) is 24.8. The minimum atomic E-state index is -3.49. The molecule has 0 fully saturated rings. The van der Waals surface area contributed by atoms with Crippen LogP contribution in [0, 0.1) is 6.92 Å². The van der Waals surface area contributed by atoms with Crippen LogP contribution in [0.5, 0.6) is 0 Å². The summed E-state index contributed by atoms with van der Waals surface area (Å²) >= 11 is 1.20. The number of carbonyl (C=O) groups excluding carboxylic acids is 1. The van der Waals surface area contributed by atoms with Crippen molar-refractivity contribution in [2.24, 2.45) is 0 Å². The molecular formula is C29H31N5O4SSi. The van der Waals surface area contributed by atoms with Crippen LogP contribution in [-0.2, 0) is 10.3 Å². The van der Waals surface area contributed by atoms with E-state index in [-0.39, 0.29) is 12.2 Å². The molecule has 0 saturated heterocycles. The summed E-state index contributed by atoms with van der Waals surface area (Å²) in [5.41, 5.74) is -2.10. The van der Waals surface area contributed by atoms with E-state index in [1.807, 2.05) is 74.5 Å². The van der Waals surface area contributed by atoms with Crippen molar-refractivity contribution in [3.05, 3.63) is 99.5 Å². The summed E-state index contributed by atoms with van der Waals surface area (Å²) in [5.74, 6) is -0.330. The summed E-state index contributed by atoms with van der Waals surface area (Å²) in [7, 11) is -3.49. The highest BCUT2D eigenvalue weighted by atomic mass is 32.1. The van der Waals surface area contributed by atoms with Gasteiger partial charge in [0.05, 0.1) is 17.8 Å². The van der Waals surface area contributed by atoms with Crippen LogP contribution in [0.1, 0.15) is 39.7 Å². The smallest absolute Gasteiger partial charge is 0.330 e. The fraction of sp³-hybridized carbons (Fsp3) is 0.276. The topological polar surface area (TPSA) is 123 Å². The van der Waals surface area contributed by atoms with Crippen LogP contribution in [0.15, 0.2) is 82.6 Å². The summed E-state index contributed by atoms with van der Waals surface area (Å²) in [6.07, 6.45) is 3.01. The maximum atomic E-state index is 14.1. The van der Waals surface area contributed by atoms with E-state index in [9.17, 15) is 19.2 Å². The second-order valence-electron chi connectivity index (χ2n) is 11.1. The van der Waals surface area contributed by atoms with Crippen molar-refractivity contribution < 1.29 is 9.59 Å². The number of hydrogen-bond acceptors (Lipinski definition) is 7. The highest BCUT2D eigenvalue weighted by Gasteiger charge is 2.52. The number of hydrogen-bond donors (Lipinski definition) is 2. The Bertz CT molecular complexity index is 1770. The van der Waals surface area contributed by atoms with E-state index < -0.39 is 30.1 Å². The number of fused-ring (bicyclic) bond motifs is 1. The normalized spacial score (nSPS) is 12.7. The van der Waals surface area contributed by atoms with Crippen LogP contribution >= 0.6 is 11.3 Å². The number of aryl methyl sites for hydroxylation is 1. The maximum Gasteiger partial charge on any atom is 0.330 e. The molecule has 3 aromatic heterocycles. The van der Waals surface area contributed by atoms with Gasteiger partial charge in [0.1, 0.15) is 15.4 Å². The zero-order chi connectivity index (χ0) is 28.9. The zero-order valence-electron chi connectivity index (χ0n) is 23.0. The molecule has 2 aromatic carbocycles. The van der Waals surface area contributed by atoms with Crippen molar-refractivity contribution in [2.45, 2.75) is 51.6 Å². The molecule has 9 nitrogen and oxygen atoms in total. The Morgan fingerprint density at radius 3 is 2.00 bits per heavy atom. The predicted molar refractivity (Wildman–Crippen MR) is 159 cm³/mol. The first kappa shape index (κ1) is 27.6. The lowest BCUT2D eigenvalue weighted by Gasteiger charge is -2.42. The lowest BCUT2D eigenvalue weighted by Crippen LogP contribution is -2.66. The fourth-order valence-corrected chi connectivity index (χ4v) is 10.2. The van der Waals surface area contributed by atoms with Crippen LogP contribution < -0.4 is 21.6 Å². The van der Waals surface area contributed by atoms with Crippen molar-refractivity contribution in [1.82, 2.24) is 24.5 Å². The van der Waals surface area contributed by atoms with E-state index in [0.717, 1.165) is 14.9 Å². The van der Waals surface area contributed by atoms with E-state index in [1.54, 1.807) is 20.8 Å². The lowest BCUT2D eigenvalue weighted by atomic mass is 9.91. The number of benzene rings is 2. The Labute approximate surface area is 235 Å². The van der Waals surface area contributed by atoms with Gasteiger partial charge in [-0.1, -0.05) is 85.8 Å². The van der Waals surface area contributed by atoms with Gasteiger partial charge in [0, 0.05) is 12.0 Å². The molecule has 0 spiro atoms. The molecule has 0 atom stereocenters. The highest BCUT2D eigenvalue weighted by molar-refractivity contribution is 7.21. The second kappa shape index (κ2) is 9.92. The number of aromatic amines is 1. The maximum absolute atomic E-state index is 14.1. The number of rotatable bonds is 8. The van der Waals surface area contributed by atoms with Crippen molar-refractivity contribution >= 4 is 46.0 Å². The van der Waals surface area contributed by atoms with Gasteiger partial charge in [-0.3, -0.25) is 14.6 Å². The van der Waals surface area contributed by atoms with Gasteiger partial charge < -0.3 is 4.80 Å². The number of thiophene rings is 1. The van der Waals surface area contributed by atoms with Crippen LogP contribution in [0.4, 0.5) is 0 Å². The molecule has 3 heterocycles. The summed E-state index contributed by atoms with van der Waals surface area (Å²) < 4.78 is 0.999. The summed E-state index contributed by atoms with van der Waals surface area (Å²) in [6, 6.07) is 18.9. The van der Waals surface area contributed by atoms with Crippen LogP contribution in [0.25, 0.3) is 15.2 Å². The van der Waals surface area contributed by atoms with Crippen LogP contribution in [-0.4, -0.2) is 43.4 Å². The van der Waals surface area contributed by atoms with E-state index in [1.165, 1.54) is 28.5 Å². The third-order valence-corrected chi connectivity index (χ3v) is 13.4. The van der Waals surface area contributed by atoms with Gasteiger partial charge in [0.25, 0.3) is 13.9 Å². The molecule has 40 heavy (non-hydrogen) atoms. The average molecular weight is 574 g/mol. The molecule has 5 aromatic rings. The Balaban J connectivity index is 1.59. The standard InChI is InChI=1S/C29H31N5O4SSi/c1-19-23-24(39-26(19)34-30-16-17-31-34)32-27(37)33(25(23)36)29(4,5)22(35)18-28(2,3)40(38,20-12-8-6-9-13-20)21-14-10-7-11-15-21/h6-17,38H,18H2,1-5H3,(H,32,37). The highest BCUT2D eigenvalue weighted by Crippen LogP contribution is 2.41. The molecule has 5 rings (SSSR count). The third-order valence-electron chi connectivity index (χ3n) is 7.77. The van der Waals surface area contributed by atoms with E-state index in [4.69, 9.17) is 0 Å². The van der Waals surface area contributed by atoms with Gasteiger partial charge in [-0.2, -0.15) is 10.2 Å². The monoisotopic (exact) mass is 573 g/mol. The van der Waals surface area contributed by atoms with Crippen LogP contribution in [0.2, 0.25) is 5.04 Å². The number of nitrogens with one attached hydrogen (secondary N) is 1. The molecule has 0 saturated carbocycles. The molecule has 2 N–H and O–H groups in total. The minimum Gasteiger partial charge on any atom is -0.424 e. The van der Waals surface area contributed by atoms with E-state index in [0.29, 0.717) is 20.8 Å². The van der Waals surface area contributed by atoms with Gasteiger partial charge in [0.15, 0.2) is 5.78 Å². The molecule has 206 valence electrons. The van der Waals surface area contributed by atoms with Crippen molar-refractivity contribution in [3.8, 4) is 5.00 Å². The predicted octanol–water partition coefficient (Wildman–Crippen LogP) is 2.87. The number of carbonyl (C=O) groups is 1. The Kier molecular flexibility index (Phi) is 6.85. The number of Topliss-reactive ketones (excluding diaryl/α,β-unsaturated/α-hetero) is 1. The van der Waals surface area contributed by atoms with Gasteiger partial charge in [-0.05, 0) is 36.2 Å². The Morgan fingerprint density at radius 1 is 0.950 bits per heavy atom. The van der Waals surface area contributed by atoms with Crippen molar-refractivity contribution in [3.63, 3.8) is 0 Å². The number of H-pyrrole nitrogens is 1. The molecule has 0 aliphatic heterocycles. The van der Waals surface area contributed by atoms with E-state index in [2.05, 4.69) is 15.2 Å². The Hall–Kier alpha value is -3.93. The van der Waals surface area contributed by atoms with Gasteiger partial charge >= 0.3 is 5.69 Å².